The number of fused-ring (bicyclic) bond motifs is 1. The Bertz CT molecular complexity index is 746. The van der Waals surface area contributed by atoms with E-state index >= 15 is 0 Å². The van der Waals surface area contributed by atoms with Crippen molar-refractivity contribution in [1.29, 1.82) is 0 Å². The zero-order valence-electron chi connectivity index (χ0n) is 13.3. The molecule has 23 heavy (non-hydrogen) atoms. The maximum Gasteiger partial charge on any atom is 0.344 e. The summed E-state index contributed by atoms with van der Waals surface area (Å²) in [5, 5.41) is 3.71. The fourth-order valence-corrected chi connectivity index (χ4v) is 2.99. The van der Waals surface area contributed by atoms with E-state index in [1.807, 2.05) is 31.2 Å². The molecule has 0 unspecified atom stereocenters. The van der Waals surface area contributed by atoms with Gasteiger partial charge in [-0.1, -0.05) is 23.4 Å². The van der Waals surface area contributed by atoms with Gasteiger partial charge in [-0.15, -0.1) is 0 Å². The normalized spacial score (nSPS) is 16.3. The van der Waals surface area contributed by atoms with Crippen molar-refractivity contribution in [3.05, 3.63) is 46.8 Å². The first-order valence-electron chi connectivity index (χ1n) is 7.49. The quantitative estimate of drug-likeness (QED) is 0.814. The molecule has 0 spiro atoms. The number of amides is 1. The third kappa shape index (κ3) is 2.72. The number of anilines is 1. The summed E-state index contributed by atoms with van der Waals surface area (Å²) in [6.45, 7) is 4.97. The monoisotopic (exact) mass is 314 g/mol. The number of esters is 1. The van der Waals surface area contributed by atoms with Crippen molar-refractivity contribution in [2.24, 2.45) is 0 Å². The lowest BCUT2D eigenvalue weighted by atomic mass is 10.1. The van der Waals surface area contributed by atoms with E-state index in [-0.39, 0.29) is 24.1 Å². The van der Waals surface area contributed by atoms with Crippen LogP contribution >= 0.6 is 0 Å². The topological polar surface area (TPSA) is 72.6 Å². The molecule has 1 aromatic heterocycles. The summed E-state index contributed by atoms with van der Waals surface area (Å²) < 4.78 is 10.1. The van der Waals surface area contributed by atoms with Crippen LogP contribution < -0.4 is 4.90 Å². The van der Waals surface area contributed by atoms with Crippen molar-refractivity contribution in [2.75, 3.05) is 11.5 Å². The predicted molar refractivity (Wildman–Crippen MR) is 83.4 cm³/mol. The van der Waals surface area contributed by atoms with Crippen LogP contribution in [0.1, 0.15) is 34.3 Å². The number of rotatable bonds is 3. The first-order valence-corrected chi connectivity index (χ1v) is 7.49. The van der Waals surface area contributed by atoms with Gasteiger partial charge in [0.15, 0.2) is 6.61 Å². The zero-order chi connectivity index (χ0) is 16.6. The van der Waals surface area contributed by atoms with Gasteiger partial charge >= 0.3 is 5.97 Å². The Labute approximate surface area is 134 Å². The molecule has 1 aromatic carbocycles. The zero-order valence-corrected chi connectivity index (χ0v) is 13.3. The molecule has 1 atom stereocenters. The standard InChI is InChI=1S/C17H18N2O4/c1-10-8-13-6-4-5-7-14(13)19(10)15(20)9-22-17(21)16-11(2)18-23-12(16)3/h4-7,10H,8-9H2,1-3H3/t10-/m0/s1. The van der Waals surface area contributed by atoms with Gasteiger partial charge in [0.2, 0.25) is 0 Å². The second kappa shape index (κ2) is 5.87. The number of aromatic nitrogens is 1. The number of benzene rings is 1. The molecule has 0 N–H and O–H groups in total. The Hall–Kier alpha value is -2.63. The van der Waals surface area contributed by atoms with Crippen LogP contribution in [0.5, 0.6) is 0 Å². The third-order valence-corrected chi connectivity index (χ3v) is 4.04. The fourth-order valence-electron chi connectivity index (χ4n) is 2.99. The van der Waals surface area contributed by atoms with Crippen LogP contribution in [-0.2, 0) is 16.0 Å². The number of carbonyl (C=O) groups is 2. The van der Waals surface area contributed by atoms with Gasteiger partial charge in [0.25, 0.3) is 5.91 Å². The highest BCUT2D eigenvalue weighted by atomic mass is 16.5. The Morgan fingerprint density at radius 3 is 2.78 bits per heavy atom. The van der Waals surface area contributed by atoms with Crippen molar-refractivity contribution in [3.8, 4) is 0 Å². The predicted octanol–water partition coefficient (Wildman–Crippen LogP) is 2.43. The molecule has 0 bridgehead atoms. The largest absolute Gasteiger partial charge is 0.452 e. The molecule has 1 aliphatic heterocycles. The molecule has 0 saturated carbocycles. The van der Waals surface area contributed by atoms with Gasteiger partial charge in [0, 0.05) is 11.7 Å². The number of nitrogens with zero attached hydrogens (tertiary/aromatic N) is 2. The first kappa shape index (κ1) is 15.3. The summed E-state index contributed by atoms with van der Waals surface area (Å²) in [6, 6.07) is 7.82. The lowest BCUT2D eigenvalue weighted by molar-refractivity contribution is -0.122. The van der Waals surface area contributed by atoms with Crippen molar-refractivity contribution >= 4 is 17.6 Å². The van der Waals surface area contributed by atoms with Crippen molar-refractivity contribution in [2.45, 2.75) is 33.2 Å². The first-order chi connectivity index (χ1) is 11.0. The van der Waals surface area contributed by atoms with E-state index in [9.17, 15) is 9.59 Å². The molecule has 6 heteroatoms. The second-order valence-electron chi connectivity index (χ2n) is 5.72. The summed E-state index contributed by atoms with van der Waals surface area (Å²) in [7, 11) is 0. The fraction of sp³-hybridized carbons (Fsp3) is 0.353. The number of hydrogen-bond acceptors (Lipinski definition) is 5. The van der Waals surface area contributed by atoms with Gasteiger partial charge in [0.1, 0.15) is 11.3 Å². The maximum atomic E-state index is 12.5. The van der Waals surface area contributed by atoms with E-state index in [0.29, 0.717) is 11.5 Å². The molecule has 1 aliphatic rings. The van der Waals surface area contributed by atoms with Gasteiger partial charge in [-0.05, 0) is 38.8 Å². The van der Waals surface area contributed by atoms with Crippen LogP contribution in [-0.4, -0.2) is 29.7 Å². The number of para-hydroxylation sites is 1. The molecule has 6 nitrogen and oxygen atoms in total. The minimum Gasteiger partial charge on any atom is -0.452 e. The minimum atomic E-state index is -0.588. The Morgan fingerprint density at radius 1 is 1.35 bits per heavy atom. The van der Waals surface area contributed by atoms with Crippen LogP contribution in [0.3, 0.4) is 0 Å². The lowest BCUT2D eigenvalue weighted by Gasteiger charge is -2.22. The van der Waals surface area contributed by atoms with Crippen molar-refractivity contribution in [3.63, 3.8) is 0 Å². The van der Waals surface area contributed by atoms with Gasteiger partial charge in [-0.25, -0.2) is 4.79 Å². The molecular weight excluding hydrogens is 296 g/mol. The van der Waals surface area contributed by atoms with Gasteiger partial charge in [-0.2, -0.15) is 0 Å². The van der Waals surface area contributed by atoms with Crippen LogP contribution in [0, 0.1) is 13.8 Å². The molecular formula is C17H18N2O4. The molecule has 120 valence electrons. The SMILES string of the molecule is Cc1noc(C)c1C(=O)OCC(=O)N1c2ccccc2C[C@@H]1C. The lowest BCUT2D eigenvalue weighted by Crippen LogP contribution is -2.38. The van der Waals surface area contributed by atoms with Crippen LogP contribution in [0.2, 0.25) is 0 Å². The van der Waals surface area contributed by atoms with E-state index in [4.69, 9.17) is 9.26 Å². The molecule has 3 rings (SSSR count). The van der Waals surface area contributed by atoms with E-state index in [1.54, 1.807) is 18.7 Å². The van der Waals surface area contributed by atoms with E-state index < -0.39 is 5.97 Å². The minimum absolute atomic E-state index is 0.0534. The highest BCUT2D eigenvalue weighted by Gasteiger charge is 2.31. The van der Waals surface area contributed by atoms with Crippen LogP contribution in [0.15, 0.2) is 28.8 Å². The molecule has 1 amide bonds. The molecule has 0 saturated heterocycles. The van der Waals surface area contributed by atoms with Gasteiger partial charge < -0.3 is 14.2 Å². The third-order valence-electron chi connectivity index (χ3n) is 4.04. The Kier molecular flexibility index (Phi) is 3.90. The van der Waals surface area contributed by atoms with E-state index in [2.05, 4.69) is 5.16 Å². The molecule has 0 aliphatic carbocycles. The summed E-state index contributed by atoms with van der Waals surface area (Å²) in [6.07, 6.45) is 0.805. The van der Waals surface area contributed by atoms with Crippen molar-refractivity contribution < 1.29 is 18.8 Å². The highest BCUT2D eigenvalue weighted by Crippen LogP contribution is 2.31. The van der Waals surface area contributed by atoms with Crippen LogP contribution in [0.25, 0.3) is 0 Å². The molecule has 2 heterocycles. The highest BCUT2D eigenvalue weighted by molar-refractivity contribution is 5.99. The number of carbonyl (C=O) groups excluding carboxylic acids is 2. The summed E-state index contributed by atoms with van der Waals surface area (Å²) >= 11 is 0. The summed E-state index contributed by atoms with van der Waals surface area (Å²) in [4.78, 5) is 26.3. The average molecular weight is 314 g/mol. The Morgan fingerprint density at radius 2 is 2.09 bits per heavy atom. The summed E-state index contributed by atoms with van der Waals surface area (Å²) in [5.41, 5.74) is 2.76. The average Bonchev–Trinajstić information content (AvgIpc) is 3.03. The van der Waals surface area contributed by atoms with Gasteiger partial charge in [0.05, 0.1) is 5.69 Å². The molecule has 2 aromatic rings. The smallest absolute Gasteiger partial charge is 0.344 e. The maximum absolute atomic E-state index is 12.5. The number of hydrogen-bond donors (Lipinski definition) is 0. The van der Waals surface area contributed by atoms with Crippen molar-refractivity contribution in [1.82, 2.24) is 5.16 Å². The molecule has 0 fully saturated rings. The van der Waals surface area contributed by atoms with Crippen LogP contribution in [0.4, 0.5) is 5.69 Å². The number of ether oxygens (including phenoxy) is 1. The second-order valence-corrected chi connectivity index (χ2v) is 5.72. The summed E-state index contributed by atoms with van der Waals surface area (Å²) in [5.74, 6) is -0.433. The number of aryl methyl sites for hydroxylation is 2. The molecule has 0 radical (unpaired) electrons. The van der Waals surface area contributed by atoms with Gasteiger partial charge in [-0.3, -0.25) is 4.79 Å². The van der Waals surface area contributed by atoms with E-state index in [1.165, 1.54) is 0 Å². The Balaban J connectivity index is 1.70. The van der Waals surface area contributed by atoms with E-state index in [0.717, 1.165) is 17.7 Å².